The maximum absolute atomic E-state index is 5.50. The van der Waals surface area contributed by atoms with Crippen molar-refractivity contribution >= 4 is 104 Å². The lowest BCUT2D eigenvalue weighted by Crippen LogP contribution is -2.60. The highest BCUT2D eigenvalue weighted by Crippen LogP contribution is 2.60. The van der Waals surface area contributed by atoms with Gasteiger partial charge in [0, 0.05) is 64.5 Å². The van der Waals surface area contributed by atoms with Gasteiger partial charge in [-0.2, -0.15) is 0 Å². The van der Waals surface area contributed by atoms with Gasteiger partial charge in [0.1, 0.15) is 5.01 Å². The lowest BCUT2D eigenvalue weighted by atomic mass is 9.43. The molecule has 70 heavy (non-hydrogen) atoms. The molecule has 340 valence electrons. The zero-order chi connectivity index (χ0) is 47.5. The van der Waals surface area contributed by atoms with E-state index >= 15 is 0 Å². The molecule has 0 saturated heterocycles. The van der Waals surface area contributed by atoms with E-state index in [9.17, 15) is 0 Å². The van der Waals surface area contributed by atoms with Gasteiger partial charge in [0.15, 0.2) is 0 Å². The minimum Gasteiger partial charge on any atom is -0.376 e. The molecule has 3 nitrogen and oxygen atoms in total. The highest BCUT2D eigenvalue weighted by Gasteiger charge is 2.51. The summed E-state index contributed by atoms with van der Waals surface area (Å²) in [7, 11) is 0. The largest absolute Gasteiger partial charge is 0.376 e. The van der Waals surface area contributed by atoms with Crippen LogP contribution in [-0.2, 0) is 21.7 Å². The Balaban J connectivity index is 1.18. The van der Waals surface area contributed by atoms with Crippen LogP contribution in [0.3, 0.4) is 0 Å². The number of fused-ring (bicyclic) bond motifs is 18. The molecule has 0 radical (unpaired) electrons. The predicted octanol–water partition coefficient (Wildman–Crippen LogP) is 16.6. The molecule has 8 aromatic carbocycles. The van der Waals surface area contributed by atoms with Crippen molar-refractivity contribution in [3.05, 3.63) is 167 Å². The summed E-state index contributed by atoms with van der Waals surface area (Å²) < 4.78 is 6.63. The van der Waals surface area contributed by atoms with Gasteiger partial charge in [-0.15, -0.1) is 22.7 Å². The average molecular weight is 940 g/mol. The third kappa shape index (κ3) is 5.29. The average Bonchev–Trinajstić information content (AvgIpc) is 4.09. The normalized spacial score (nSPS) is 16.8. The van der Waals surface area contributed by atoms with Gasteiger partial charge in [0.25, 0.3) is 0 Å². The van der Waals surface area contributed by atoms with E-state index in [1.54, 1.807) is 0 Å². The number of thiophene rings is 1. The quantitative estimate of drug-likeness (QED) is 0.161. The molecule has 0 spiro atoms. The zero-order valence-electron chi connectivity index (χ0n) is 41.4. The topological polar surface area (TPSA) is 21.1 Å². The first-order valence-corrected chi connectivity index (χ1v) is 26.9. The molecule has 2 aliphatic heterocycles. The first kappa shape index (κ1) is 41.3. The summed E-state index contributed by atoms with van der Waals surface area (Å²) in [5.74, 6) is 0. The highest BCUT2D eigenvalue weighted by atomic mass is 32.1. The van der Waals surface area contributed by atoms with Gasteiger partial charge in [-0.05, 0) is 139 Å². The van der Waals surface area contributed by atoms with E-state index in [1.165, 1.54) is 138 Å². The van der Waals surface area contributed by atoms with E-state index < -0.39 is 0 Å². The van der Waals surface area contributed by atoms with E-state index in [2.05, 4.69) is 211 Å². The molecular formula is C64H54BN3S2. The molecule has 0 fully saturated rings. The number of rotatable bonds is 2. The minimum atomic E-state index is -0.255. The Hall–Kier alpha value is -6.47. The molecule has 4 aliphatic rings. The molecule has 6 heteroatoms. The lowest BCUT2D eigenvalue weighted by molar-refractivity contribution is 0.332. The third-order valence-electron chi connectivity index (χ3n) is 17.4. The van der Waals surface area contributed by atoms with Crippen molar-refractivity contribution in [2.45, 2.75) is 96.8 Å². The van der Waals surface area contributed by atoms with Crippen molar-refractivity contribution in [3.63, 3.8) is 0 Å². The Kier molecular flexibility index (Phi) is 7.96. The first-order chi connectivity index (χ1) is 33.6. The van der Waals surface area contributed by atoms with E-state index in [-0.39, 0.29) is 28.5 Å². The van der Waals surface area contributed by atoms with Gasteiger partial charge in [-0.1, -0.05) is 147 Å². The molecule has 15 rings (SSSR count). The van der Waals surface area contributed by atoms with E-state index in [4.69, 9.17) is 4.98 Å². The molecule has 0 bridgehead atoms. The Bertz CT molecular complexity index is 4140. The summed E-state index contributed by atoms with van der Waals surface area (Å²) in [5, 5.41) is 6.51. The molecule has 0 amide bonds. The molecule has 0 unspecified atom stereocenters. The maximum Gasteiger partial charge on any atom is 0.333 e. The van der Waals surface area contributed by atoms with E-state index in [0.29, 0.717) is 0 Å². The minimum absolute atomic E-state index is 0.0208. The summed E-state index contributed by atoms with van der Waals surface area (Å²) in [4.78, 5) is 8.23. The van der Waals surface area contributed by atoms with Gasteiger partial charge in [0.05, 0.1) is 21.3 Å². The van der Waals surface area contributed by atoms with Crippen LogP contribution in [0.5, 0.6) is 0 Å². The molecule has 2 aliphatic carbocycles. The van der Waals surface area contributed by atoms with Crippen LogP contribution in [0, 0.1) is 0 Å². The lowest BCUT2D eigenvalue weighted by Gasteiger charge is -2.43. The van der Waals surface area contributed by atoms with Crippen LogP contribution in [0.1, 0.15) is 103 Å². The van der Waals surface area contributed by atoms with Crippen molar-refractivity contribution < 1.29 is 0 Å². The second kappa shape index (κ2) is 13.5. The molecule has 0 atom stereocenters. The summed E-state index contributed by atoms with van der Waals surface area (Å²) >= 11 is 3.75. The molecule has 11 aromatic rings. The number of nitrogens with zero attached hydrogens (tertiary/aromatic N) is 3. The van der Waals surface area contributed by atoms with Crippen LogP contribution in [0.4, 0.5) is 11.4 Å². The molecular weight excluding hydrogens is 886 g/mol. The van der Waals surface area contributed by atoms with Gasteiger partial charge < -0.3 is 9.38 Å². The monoisotopic (exact) mass is 939 g/mol. The van der Waals surface area contributed by atoms with Gasteiger partial charge in [0.2, 0.25) is 0 Å². The van der Waals surface area contributed by atoms with Crippen molar-refractivity contribution in [1.29, 1.82) is 0 Å². The Labute approximate surface area is 418 Å². The van der Waals surface area contributed by atoms with Crippen molar-refractivity contribution in [3.8, 4) is 38.5 Å². The van der Waals surface area contributed by atoms with Crippen LogP contribution in [-0.4, -0.2) is 16.4 Å². The maximum atomic E-state index is 5.50. The first-order valence-electron chi connectivity index (χ1n) is 25.3. The molecule has 0 N–H and O–H groups in total. The number of benzene rings is 8. The predicted molar refractivity (Wildman–Crippen MR) is 303 cm³/mol. The van der Waals surface area contributed by atoms with E-state index in [1.807, 2.05) is 22.7 Å². The summed E-state index contributed by atoms with van der Waals surface area (Å²) in [5.41, 5.74) is 23.9. The van der Waals surface area contributed by atoms with Crippen LogP contribution < -0.4 is 15.7 Å². The van der Waals surface area contributed by atoms with Gasteiger partial charge in [-0.25, -0.2) is 4.98 Å². The van der Waals surface area contributed by atoms with Crippen LogP contribution in [0.25, 0.3) is 90.7 Å². The van der Waals surface area contributed by atoms with Crippen molar-refractivity contribution in [2.75, 3.05) is 4.81 Å². The number of thiazole rings is 1. The smallest absolute Gasteiger partial charge is 0.333 e. The zero-order valence-corrected chi connectivity index (χ0v) is 43.1. The summed E-state index contributed by atoms with van der Waals surface area (Å²) in [6.45, 7) is 21.8. The summed E-state index contributed by atoms with van der Waals surface area (Å²) in [6, 6.07) is 54.2. The number of hydrogen-bond donors (Lipinski definition) is 0. The number of anilines is 2. The second-order valence-electron chi connectivity index (χ2n) is 23.7. The number of hydrogen-bond acceptors (Lipinski definition) is 4. The molecule has 5 heterocycles. The Morgan fingerprint density at radius 1 is 0.586 bits per heavy atom. The van der Waals surface area contributed by atoms with Gasteiger partial charge >= 0.3 is 6.85 Å². The van der Waals surface area contributed by atoms with Crippen molar-refractivity contribution in [1.82, 2.24) is 9.55 Å². The van der Waals surface area contributed by atoms with Gasteiger partial charge in [-0.3, -0.25) is 0 Å². The Morgan fingerprint density at radius 3 is 2.07 bits per heavy atom. The third-order valence-corrected chi connectivity index (χ3v) is 19.6. The number of aromatic nitrogens is 2. The fourth-order valence-corrected chi connectivity index (χ4v) is 15.8. The van der Waals surface area contributed by atoms with Crippen LogP contribution in [0.2, 0.25) is 0 Å². The molecule has 3 aromatic heterocycles. The van der Waals surface area contributed by atoms with Crippen LogP contribution >= 0.6 is 22.7 Å². The Morgan fingerprint density at radius 2 is 1.30 bits per heavy atom. The van der Waals surface area contributed by atoms with Crippen molar-refractivity contribution in [2.24, 2.45) is 0 Å². The fraction of sp³-hybridized carbons (Fsp3) is 0.234. The summed E-state index contributed by atoms with van der Waals surface area (Å²) in [6.07, 6.45) is 2.34. The van der Waals surface area contributed by atoms with E-state index in [0.717, 1.165) is 16.1 Å². The fourth-order valence-electron chi connectivity index (χ4n) is 13.7. The second-order valence-corrected chi connectivity index (χ2v) is 25.9. The standard InChI is InChI=1S/C64H54BN3S2/c1-61(2,3)36-23-25-37(26-24-36)68-49-30-40-38-19-14-16-22-51(38)69-52(40)31-42(49)55-54-39-20-13-15-21-43(39)64(8,9)57(54)56-41-29-44-45(63(6,7)28-27-62(44,4)5)32-48(41)67-50-34-53-47(33-46(50)65(68)58(55)59(56)67)66-60(70-53)35-17-11-10-12-18-35/h10-26,29-34H,27-28H2,1-9H3. The highest BCUT2D eigenvalue weighted by molar-refractivity contribution is 7.26. The van der Waals surface area contributed by atoms with Crippen LogP contribution in [0.15, 0.2) is 140 Å². The molecule has 0 saturated carbocycles. The SMILES string of the molecule is CC(C)(C)c1ccc(N2B3c4cc5nc(-c6ccccc6)sc5cc4-n4c5cc6c(cc5c5c7c(c(c3c54)-c3cc4sc5ccccc5c4cc32)-c2ccccc2C7(C)C)C(C)(C)CCC6(C)C)cc1.